The first-order chi connectivity index (χ1) is 17.8. The van der Waals surface area contributed by atoms with Crippen LogP contribution in [-0.4, -0.2) is 29.2 Å². The van der Waals surface area contributed by atoms with Crippen LogP contribution in [0, 0.1) is 11.3 Å². The molecule has 0 aliphatic heterocycles. The number of hydrogen-bond donors (Lipinski definition) is 3. The van der Waals surface area contributed by atoms with Crippen molar-refractivity contribution in [1.29, 1.82) is 5.26 Å². The number of anilines is 3. The number of aromatic nitrogens is 3. The zero-order chi connectivity index (χ0) is 26.2. The predicted molar refractivity (Wildman–Crippen MR) is 141 cm³/mol. The van der Waals surface area contributed by atoms with Crippen LogP contribution in [0.5, 0.6) is 0 Å². The number of fused-ring (bicyclic) bond motifs is 1. The number of ketones is 1. The van der Waals surface area contributed by atoms with Crippen LogP contribution in [0.4, 0.5) is 17.5 Å². The second-order valence-electron chi connectivity index (χ2n) is 7.78. The molecule has 0 atom stereocenters. The molecule has 5 aromatic rings. The molecule has 5 N–H and O–H groups in total. The Morgan fingerprint density at radius 1 is 0.973 bits per heavy atom. The molecule has 3 heterocycles. The van der Waals surface area contributed by atoms with Gasteiger partial charge in [0.05, 0.1) is 10.6 Å². The Bertz CT molecular complexity index is 1800. The number of carbonyl (C=O) groups excluding carboxylic acids is 1. The van der Waals surface area contributed by atoms with E-state index in [0.29, 0.717) is 21.3 Å². The summed E-state index contributed by atoms with van der Waals surface area (Å²) in [4.78, 5) is 26.0. The number of carbonyl (C=O) groups is 1. The minimum Gasteiger partial charge on any atom is -0.397 e. The van der Waals surface area contributed by atoms with Gasteiger partial charge in [0.25, 0.3) is 10.0 Å². The van der Waals surface area contributed by atoms with Crippen molar-refractivity contribution in [3.63, 3.8) is 0 Å². The second kappa shape index (κ2) is 9.30. The molecule has 0 amide bonds. The topological polar surface area (TPSA) is 178 Å². The molecular formula is C25H17N7O3S2. The summed E-state index contributed by atoms with van der Waals surface area (Å²) in [6.45, 7) is 0. The number of nitriles is 1. The van der Waals surface area contributed by atoms with Crippen LogP contribution < -0.4 is 16.2 Å². The number of hydrogen-bond acceptors (Lipinski definition) is 10. The van der Waals surface area contributed by atoms with Crippen molar-refractivity contribution < 1.29 is 13.2 Å². The molecule has 3 aromatic heterocycles. The monoisotopic (exact) mass is 527 g/mol. The molecule has 182 valence electrons. The van der Waals surface area contributed by atoms with Crippen molar-refractivity contribution in [2.45, 2.75) is 4.90 Å². The molecule has 2 aromatic carbocycles. The maximum absolute atomic E-state index is 13.4. The summed E-state index contributed by atoms with van der Waals surface area (Å²) in [7, 11) is -3.96. The lowest BCUT2D eigenvalue weighted by Crippen LogP contribution is -2.15. The number of nitrogens with zero attached hydrogens (tertiary/aromatic N) is 4. The quantitative estimate of drug-likeness (QED) is 0.277. The molecule has 0 spiro atoms. The highest BCUT2D eigenvalue weighted by atomic mass is 32.2. The standard InChI is InChI=1S/C25H17N7O3S2/c26-13-17-18(14-5-2-1-3-6-14)19-20(27)22(36-24(19)31-23(17)28)21(33)15-7-9-16(10-8-15)37(34,35)32-25-29-11-4-12-30-25/h1-12H,27H2,(H2,28,31)(H,29,30,32). The van der Waals surface area contributed by atoms with E-state index >= 15 is 0 Å². The second-order valence-corrected chi connectivity index (χ2v) is 10.5. The number of thiophene rings is 1. The van der Waals surface area contributed by atoms with Gasteiger partial charge in [-0.25, -0.2) is 28.1 Å². The Morgan fingerprint density at radius 3 is 2.30 bits per heavy atom. The Balaban J connectivity index is 1.54. The number of sulfonamides is 1. The largest absolute Gasteiger partial charge is 0.397 e. The molecule has 0 bridgehead atoms. The van der Waals surface area contributed by atoms with E-state index in [1.165, 1.54) is 36.7 Å². The lowest BCUT2D eigenvalue weighted by Gasteiger charge is -2.09. The maximum atomic E-state index is 13.4. The average Bonchev–Trinajstić information content (AvgIpc) is 3.23. The third kappa shape index (κ3) is 4.33. The maximum Gasteiger partial charge on any atom is 0.264 e. The Morgan fingerprint density at radius 2 is 1.65 bits per heavy atom. The van der Waals surface area contributed by atoms with E-state index in [1.807, 2.05) is 30.3 Å². The summed E-state index contributed by atoms with van der Waals surface area (Å²) < 4.78 is 27.6. The van der Waals surface area contributed by atoms with E-state index < -0.39 is 15.8 Å². The Kier molecular flexibility index (Phi) is 6.00. The van der Waals surface area contributed by atoms with Gasteiger partial charge in [-0.2, -0.15) is 5.26 Å². The fourth-order valence-corrected chi connectivity index (χ4v) is 5.82. The van der Waals surface area contributed by atoms with E-state index in [0.717, 1.165) is 11.3 Å². The van der Waals surface area contributed by atoms with Gasteiger partial charge >= 0.3 is 0 Å². The van der Waals surface area contributed by atoms with Crippen LogP contribution >= 0.6 is 11.3 Å². The average molecular weight is 528 g/mol. The predicted octanol–water partition coefficient (Wildman–Crippen LogP) is 3.82. The van der Waals surface area contributed by atoms with E-state index in [9.17, 15) is 18.5 Å². The molecule has 0 saturated heterocycles. The molecule has 0 radical (unpaired) electrons. The van der Waals surface area contributed by atoms with Crippen molar-refractivity contribution in [2.24, 2.45) is 0 Å². The molecule has 0 fully saturated rings. The third-order valence-corrected chi connectivity index (χ3v) is 7.95. The van der Waals surface area contributed by atoms with Crippen molar-refractivity contribution >= 4 is 54.8 Å². The van der Waals surface area contributed by atoms with Gasteiger partial charge in [0, 0.05) is 28.9 Å². The van der Waals surface area contributed by atoms with Crippen LogP contribution in [0.3, 0.4) is 0 Å². The molecule has 0 unspecified atom stereocenters. The number of benzene rings is 2. The summed E-state index contributed by atoms with van der Waals surface area (Å²) in [6, 6.07) is 18.2. The number of rotatable bonds is 6. The van der Waals surface area contributed by atoms with E-state index in [2.05, 4.69) is 25.7 Å². The van der Waals surface area contributed by atoms with E-state index in [1.54, 1.807) is 6.07 Å². The summed E-state index contributed by atoms with van der Waals surface area (Å²) >= 11 is 1.06. The molecular weight excluding hydrogens is 510 g/mol. The number of pyridine rings is 1. The normalized spacial score (nSPS) is 11.2. The highest BCUT2D eigenvalue weighted by Gasteiger charge is 2.25. The van der Waals surface area contributed by atoms with Crippen molar-refractivity contribution in [3.8, 4) is 17.2 Å². The van der Waals surface area contributed by atoms with Crippen molar-refractivity contribution in [1.82, 2.24) is 15.0 Å². The van der Waals surface area contributed by atoms with Crippen LogP contribution in [-0.2, 0) is 10.0 Å². The minimum absolute atomic E-state index is 0.0403. The van der Waals surface area contributed by atoms with Gasteiger partial charge in [0.1, 0.15) is 27.2 Å². The molecule has 37 heavy (non-hydrogen) atoms. The Hall–Kier alpha value is -4.86. The van der Waals surface area contributed by atoms with Gasteiger partial charge < -0.3 is 11.5 Å². The number of nitrogens with one attached hydrogen (secondary N) is 1. The van der Waals surface area contributed by atoms with Gasteiger partial charge in [-0.1, -0.05) is 30.3 Å². The summed E-state index contributed by atoms with van der Waals surface area (Å²) in [5, 5.41) is 10.2. The fourth-order valence-electron chi connectivity index (χ4n) is 3.79. The summed E-state index contributed by atoms with van der Waals surface area (Å²) in [5.41, 5.74) is 14.3. The van der Waals surface area contributed by atoms with Crippen LogP contribution in [0.25, 0.3) is 21.3 Å². The zero-order valence-corrected chi connectivity index (χ0v) is 20.5. The SMILES string of the molecule is N#Cc1c(N)nc2sc(C(=O)c3ccc(S(=O)(=O)Nc4ncccn4)cc3)c(N)c2c1-c1ccccc1. The van der Waals surface area contributed by atoms with Crippen molar-refractivity contribution in [2.75, 3.05) is 16.2 Å². The first kappa shape index (κ1) is 23.9. The Labute approximate surface area is 215 Å². The third-order valence-electron chi connectivity index (χ3n) is 5.50. The molecule has 0 saturated carbocycles. The van der Waals surface area contributed by atoms with Crippen LogP contribution in [0.1, 0.15) is 20.8 Å². The van der Waals surface area contributed by atoms with Crippen molar-refractivity contribution in [3.05, 3.63) is 89.1 Å². The van der Waals surface area contributed by atoms with Gasteiger partial charge in [-0.3, -0.25) is 4.79 Å². The lowest BCUT2D eigenvalue weighted by atomic mass is 9.97. The highest BCUT2D eigenvalue weighted by Crippen LogP contribution is 2.43. The molecule has 0 aliphatic rings. The summed E-state index contributed by atoms with van der Waals surface area (Å²) in [6.07, 6.45) is 2.82. The lowest BCUT2D eigenvalue weighted by molar-refractivity contribution is 0.104. The zero-order valence-electron chi connectivity index (χ0n) is 18.9. The van der Waals surface area contributed by atoms with Crippen LogP contribution in [0.2, 0.25) is 0 Å². The number of nitrogen functional groups attached to an aromatic ring is 2. The first-order valence-corrected chi connectivity index (χ1v) is 13.0. The van der Waals surface area contributed by atoms with E-state index in [-0.39, 0.29) is 38.4 Å². The first-order valence-electron chi connectivity index (χ1n) is 10.7. The number of nitrogens with two attached hydrogens (primary N) is 2. The van der Waals surface area contributed by atoms with Gasteiger partial charge in [-0.05, 0) is 35.9 Å². The minimum atomic E-state index is -3.96. The van der Waals surface area contributed by atoms with Gasteiger partial charge in [0.2, 0.25) is 11.7 Å². The van der Waals surface area contributed by atoms with E-state index in [4.69, 9.17) is 11.5 Å². The highest BCUT2D eigenvalue weighted by molar-refractivity contribution is 7.92. The summed E-state index contributed by atoms with van der Waals surface area (Å²) in [5.74, 6) is -0.447. The fraction of sp³-hybridized carbons (Fsp3) is 0. The van der Waals surface area contributed by atoms with Gasteiger partial charge in [-0.15, -0.1) is 11.3 Å². The molecule has 10 nitrogen and oxygen atoms in total. The van der Waals surface area contributed by atoms with Crippen LogP contribution in [0.15, 0.2) is 78.0 Å². The smallest absolute Gasteiger partial charge is 0.264 e. The molecule has 0 aliphatic carbocycles. The molecule has 12 heteroatoms. The molecule has 5 rings (SSSR count). The van der Waals surface area contributed by atoms with Gasteiger partial charge in [0.15, 0.2) is 0 Å².